The lowest BCUT2D eigenvalue weighted by atomic mass is 10.1. The first kappa shape index (κ1) is 16.8. The van der Waals surface area contributed by atoms with Gasteiger partial charge >= 0.3 is 0 Å². The van der Waals surface area contributed by atoms with Gasteiger partial charge in [-0.2, -0.15) is 0 Å². The molecule has 0 saturated heterocycles. The molecule has 3 rings (SSSR count). The van der Waals surface area contributed by atoms with Crippen LogP contribution in [0, 0.1) is 11.6 Å². The molecule has 1 aromatic carbocycles. The zero-order chi connectivity index (χ0) is 17.4. The number of benzene rings is 1. The molecule has 7 heteroatoms. The van der Waals surface area contributed by atoms with Crippen LogP contribution in [0.4, 0.5) is 14.6 Å². The lowest BCUT2D eigenvalue weighted by molar-refractivity contribution is 0.0787. The highest BCUT2D eigenvalue weighted by molar-refractivity contribution is 9.10. The summed E-state index contributed by atoms with van der Waals surface area (Å²) in [5.41, 5.74) is 1.59. The molecule has 0 radical (unpaired) electrons. The summed E-state index contributed by atoms with van der Waals surface area (Å²) in [7, 11) is 0. The second-order valence-corrected chi connectivity index (χ2v) is 6.51. The third kappa shape index (κ3) is 2.88. The van der Waals surface area contributed by atoms with Crippen LogP contribution in [0.3, 0.4) is 0 Å². The van der Waals surface area contributed by atoms with Gasteiger partial charge in [0.05, 0.1) is 17.1 Å². The molecule has 0 saturated carbocycles. The SMILES string of the molecule is CCN1Cc2c(ccnc2N[C@@H](C)c2cc(F)c(Br)cc2F)C1=O. The van der Waals surface area contributed by atoms with Gasteiger partial charge in [0.2, 0.25) is 0 Å². The van der Waals surface area contributed by atoms with Crippen LogP contribution in [-0.4, -0.2) is 22.3 Å². The molecule has 2 heterocycles. The first-order valence-electron chi connectivity index (χ1n) is 7.60. The minimum absolute atomic E-state index is 0.0357. The Kier molecular flexibility index (Phi) is 4.54. The van der Waals surface area contributed by atoms with Gasteiger partial charge in [-0.25, -0.2) is 13.8 Å². The maximum absolute atomic E-state index is 14.1. The number of rotatable bonds is 4. The topological polar surface area (TPSA) is 45.2 Å². The fourth-order valence-corrected chi connectivity index (χ4v) is 3.13. The van der Waals surface area contributed by atoms with Crippen molar-refractivity contribution in [1.82, 2.24) is 9.88 Å². The van der Waals surface area contributed by atoms with Crippen LogP contribution in [0.25, 0.3) is 0 Å². The van der Waals surface area contributed by atoms with Crippen LogP contribution in [-0.2, 0) is 6.54 Å². The first-order valence-corrected chi connectivity index (χ1v) is 8.39. The molecule has 0 fully saturated rings. The summed E-state index contributed by atoms with van der Waals surface area (Å²) in [5, 5.41) is 3.10. The molecule has 1 aliphatic rings. The minimum Gasteiger partial charge on any atom is -0.363 e. The number of pyridine rings is 1. The molecule has 1 aliphatic heterocycles. The molecular formula is C17H16BrF2N3O. The summed E-state index contributed by atoms with van der Waals surface area (Å²) in [6.45, 7) is 4.70. The van der Waals surface area contributed by atoms with Crippen LogP contribution >= 0.6 is 15.9 Å². The van der Waals surface area contributed by atoms with E-state index in [-0.39, 0.29) is 15.9 Å². The van der Waals surface area contributed by atoms with Crippen LogP contribution < -0.4 is 5.32 Å². The van der Waals surface area contributed by atoms with E-state index in [4.69, 9.17) is 0 Å². The average Bonchev–Trinajstić information content (AvgIpc) is 2.88. The average molecular weight is 396 g/mol. The molecule has 0 aliphatic carbocycles. The maximum atomic E-state index is 14.1. The smallest absolute Gasteiger partial charge is 0.254 e. The lowest BCUT2D eigenvalue weighted by Gasteiger charge is -2.18. The summed E-state index contributed by atoms with van der Waals surface area (Å²) in [5.74, 6) is -0.556. The van der Waals surface area contributed by atoms with Crippen molar-refractivity contribution >= 4 is 27.7 Å². The molecular weight excluding hydrogens is 380 g/mol. The Hall–Kier alpha value is -2.02. The van der Waals surface area contributed by atoms with Crippen LogP contribution in [0.1, 0.15) is 41.4 Å². The van der Waals surface area contributed by atoms with E-state index in [1.54, 1.807) is 24.1 Å². The number of aromatic nitrogens is 1. The number of amides is 1. The van der Waals surface area contributed by atoms with E-state index >= 15 is 0 Å². The lowest BCUT2D eigenvalue weighted by Crippen LogP contribution is -2.22. The van der Waals surface area contributed by atoms with Gasteiger partial charge < -0.3 is 10.2 Å². The zero-order valence-electron chi connectivity index (χ0n) is 13.2. The largest absolute Gasteiger partial charge is 0.363 e. The van der Waals surface area contributed by atoms with E-state index in [1.165, 1.54) is 0 Å². The van der Waals surface area contributed by atoms with Crippen molar-refractivity contribution in [2.24, 2.45) is 0 Å². The number of hydrogen-bond donors (Lipinski definition) is 1. The van der Waals surface area contributed by atoms with Crippen molar-refractivity contribution in [2.75, 3.05) is 11.9 Å². The van der Waals surface area contributed by atoms with Crippen molar-refractivity contribution in [1.29, 1.82) is 0 Å². The van der Waals surface area contributed by atoms with E-state index in [0.717, 1.165) is 17.7 Å². The minimum atomic E-state index is -0.529. The molecule has 1 atom stereocenters. The predicted molar refractivity (Wildman–Crippen MR) is 90.7 cm³/mol. The molecule has 4 nitrogen and oxygen atoms in total. The molecule has 2 aromatic rings. The van der Waals surface area contributed by atoms with Gasteiger partial charge in [-0.3, -0.25) is 4.79 Å². The predicted octanol–water partition coefficient (Wildman–Crippen LogP) is 4.27. The number of nitrogens with zero attached hydrogens (tertiary/aromatic N) is 2. The van der Waals surface area contributed by atoms with Gasteiger partial charge in [0.15, 0.2) is 0 Å². The molecule has 0 spiro atoms. The van der Waals surface area contributed by atoms with Crippen molar-refractivity contribution in [3.63, 3.8) is 0 Å². The first-order chi connectivity index (χ1) is 11.4. The van der Waals surface area contributed by atoms with Crippen molar-refractivity contribution in [3.8, 4) is 0 Å². The van der Waals surface area contributed by atoms with Gasteiger partial charge in [0.1, 0.15) is 17.5 Å². The molecule has 1 aromatic heterocycles. The molecule has 0 unspecified atom stereocenters. The Labute approximate surface area is 147 Å². The quantitative estimate of drug-likeness (QED) is 0.786. The molecule has 1 N–H and O–H groups in total. The van der Waals surface area contributed by atoms with Gasteiger partial charge in [-0.15, -0.1) is 0 Å². The Morgan fingerprint density at radius 1 is 1.38 bits per heavy atom. The summed E-state index contributed by atoms with van der Waals surface area (Å²) >= 11 is 2.97. The standard InChI is InChI=1S/C17H16BrF2N3O/c1-3-23-8-12-10(17(23)24)4-5-21-16(12)22-9(2)11-6-15(20)13(18)7-14(11)19/h4-7,9H,3,8H2,1-2H3,(H,21,22)/t9-/m0/s1. The number of anilines is 1. The number of carbonyl (C=O) groups is 1. The summed E-state index contributed by atoms with van der Waals surface area (Å²) in [6.07, 6.45) is 1.55. The summed E-state index contributed by atoms with van der Waals surface area (Å²) in [6, 6.07) is 3.44. The van der Waals surface area contributed by atoms with Crippen LogP contribution in [0.2, 0.25) is 0 Å². The van der Waals surface area contributed by atoms with E-state index in [0.29, 0.717) is 24.5 Å². The summed E-state index contributed by atoms with van der Waals surface area (Å²) in [4.78, 5) is 18.2. The second-order valence-electron chi connectivity index (χ2n) is 5.66. The number of halogens is 3. The van der Waals surface area contributed by atoms with Crippen molar-refractivity contribution in [2.45, 2.75) is 26.4 Å². The second kappa shape index (κ2) is 6.47. The van der Waals surface area contributed by atoms with Crippen molar-refractivity contribution in [3.05, 3.63) is 57.2 Å². The monoisotopic (exact) mass is 395 g/mol. The Bertz CT molecular complexity index is 813. The maximum Gasteiger partial charge on any atom is 0.254 e. The normalized spacial score (nSPS) is 14.7. The number of carbonyl (C=O) groups excluding carboxylic acids is 1. The van der Waals surface area contributed by atoms with Crippen LogP contribution in [0.5, 0.6) is 0 Å². The molecule has 24 heavy (non-hydrogen) atoms. The molecule has 126 valence electrons. The zero-order valence-corrected chi connectivity index (χ0v) is 14.8. The molecule has 1 amide bonds. The molecule has 0 bridgehead atoms. The van der Waals surface area contributed by atoms with E-state index in [2.05, 4.69) is 26.2 Å². The number of hydrogen-bond acceptors (Lipinski definition) is 3. The van der Waals surface area contributed by atoms with Crippen molar-refractivity contribution < 1.29 is 13.6 Å². The Morgan fingerprint density at radius 3 is 2.83 bits per heavy atom. The fraction of sp³-hybridized carbons (Fsp3) is 0.294. The third-order valence-electron chi connectivity index (χ3n) is 4.16. The van der Waals surface area contributed by atoms with E-state index in [9.17, 15) is 13.6 Å². The summed E-state index contributed by atoms with van der Waals surface area (Å²) < 4.78 is 27.9. The van der Waals surface area contributed by atoms with Gasteiger partial charge in [0.25, 0.3) is 5.91 Å². The van der Waals surface area contributed by atoms with E-state index in [1.807, 2.05) is 6.92 Å². The highest BCUT2D eigenvalue weighted by atomic mass is 79.9. The number of fused-ring (bicyclic) bond motifs is 1. The third-order valence-corrected chi connectivity index (χ3v) is 4.77. The number of nitrogens with one attached hydrogen (secondary N) is 1. The Balaban J connectivity index is 1.91. The fourth-order valence-electron chi connectivity index (χ4n) is 2.82. The van der Waals surface area contributed by atoms with Gasteiger partial charge in [-0.05, 0) is 48.0 Å². The van der Waals surface area contributed by atoms with Gasteiger partial charge in [0, 0.05) is 29.4 Å². The Morgan fingerprint density at radius 2 is 2.12 bits per heavy atom. The van der Waals surface area contributed by atoms with Gasteiger partial charge in [-0.1, -0.05) is 0 Å². The van der Waals surface area contributed by atoms with Crippen LogP contribution in [0.15, 0.2) is 28.9 Å². The highest BCUT2D eigenvalue weighted by Crippen LogP contribution is 2.31. The highest BCUT2D eigenvalue weighted by Gasteiger charge is 2.29. The van der Waals surface area contributed by atoms with E-state index < -0.39 is 17.7 Å².